The van der Waals surface area contributed by atoms with Crippen molar-refractivity contribution in [3.05, 3.63) is 60.2 Å². The lowest BCUT2D eigenvalue weighted by Gasteiger charge is -2.11. The molecule has 0 radical (unpaired) electrons. The van der Waals surface area contributed by atoms with E-state index in [1.165, 1.54) is 49.8 Å². The van der Waals surface area contributed by atoms with Gasteiger partial charge in [0.2, 0.25) is 11.9 Å². The first-order valence-electron chi connectivity index (χ1n) is 9.93. The van der Waals surface area contributed by atoms with Gasteiger partial charge in [-0.3, -0.25) is 4.79 Å². The Kier molecular flexibility index (Phi) is 8.01. The maximum Gasteiger partial charge on any atom is 0.573 e. The molecule has 180 valence electrons. The predicted molar refractivity (Wildman–Crippen MR) is 115 cm³/mol. The van der Waals surface area contributed by atoms with Gasteiger partial charge in [0.25, 0.3) is 5.91 Å². The molecule has 34 heavy (non-hydrogen) atoms. The summed E-state index contributed by atoms with van der Waals surface area (Å²) in [5.41, 5.74) is 0.291. The Morgan fingerprint density at radius 1 is 1.03 bits per heavy atom. The molecule has 0 atom stereocenters. The lowest BCUT2D eigenvalue weighted by molar-refractivity contribution is -0.274. The van der Waals surface area contributed by atoms with Crippen LogP contribution in [-0.2, 0) is 0 Å². The van der Waals surface area contributed by atoms with Gasteiger partial charge in [-0.2, -0.15) is 4.98 Å². The van der Waals surface area contributed by atoms with Gasteiger partial charge in [-0.25, -0.2) is 14.4 Å². The van der Waals surface area contributed by atoms with Gasteiger partial charge in [0, 0.05) is 19.3 Å². The molecule has 9 nitrogen and oxygen atoms in total. The summed E-state index contributed by atoms with van der Waals surface area (Å²) in [4.78, 5) is 23.9. The molecule has 1 amide bonds. The van der Waals surface area contributed by atoms with E-state index in [2.05, 4.69) is 35.6 Å². The van der Waals surface area contributed by atoms with Crippen LogP contribution in [0.1, 0.15) is 16.8 Å². The van der Waals surface area contributed by atoms with Crippen molar-refractivity contribution in [3.8, 4) is 11.5 Å². The number of ether oxygens (including phenoxy) is 2. The molecule has 0 aliphatic rings. The minimum atomic E-state index is -4.74. The van der Waals surface area contributed by atoms with Crippen molar-refractivity contribution in [2.75, 3.05) is 30.8 Å². The number of halogens is 4. The van der Waals surface area contributed by atoms with Gasteiger partial charge in [-0.1, -0.05) is 0 Å². The molecule has 0 unspecified atom stereocenters. The Labute approximate surface area is 191 Å². The second-order valence-electron chi connectivity index (χ2n) is 6.68. The van der Waals surface area contributed by atoms with Crippen LogP contribution in [0.15, 0.2) is 48.8 Å². The highest BCUT2D eigenvalue weighted by Crippen LogP contribution is 2.24. The van der Waals surface area contributed by atoms with Crippen molar-refractivity contribution >= 4 is 23.5 Å². The fourth-order valence-electron chi connectivity index (χ4n) is 2.68. The van der Waals surface area contributed by atoms with E-state index >= 15 is 0 Å². The second-order valence-corrected chi connectivity index (χ2v) is 6.68. The number of anilines is 3. The van der Waals surface area contributed by atoms with Crippen LogP contribution in [-0.4, -0.2) is 47.4 Å². The molecule has 0 aliphatic heterocycles. The summed E-state index contributed by atoms with van der Waals surface area (Å²) in [6.07, 6.45) is -2.92. The number of rotatable bonds is 10. The molecule has 0 saturated heterocycles. The van der Waals surface area contributed by atoms with Crippen LogP contribution in [0.25, 0.3) is 0 Å². The van der Waals surface area contributed by atoms with Gasteiger partial charge in [0.15, 0.2) is 0 Å². The maximum absolute atomic E-state index is 13.8. The van der Waals surface area contributed by atoms with E-state index in [0.29, 0.717) is 31.0 Å². The minimum Gasteiger partial charge on any atom is -0.494 e. The maximum atomic E-state index is 13.8. The largest absolute Gasteiger partial charge is 0.573 e. The van der Waals surface area contributed by atoms with Gasteiger partial charge in [-0.15, -0.1) is 13.2 Å². The molecule has 0 saturated carbocycles. The summed E-state index contributed by atoms with van der Waals surface area (Å²) < 4.78 is 59.6. The third-order valence-electron chi connectivity index (χ3n) is 4.20. The van der Waals surface area contributed by atoms with Crippen LogP contribution in [0.5, 0.6) is 11.5 Å². The van der Waals surface area contributed by atoms with Gasteiger partial charge in [0.05, 0.1) is 12.2 Å². The summed E-state index contributed by atoms with van der Waals surface area (Å²) >= 11 is 0. The Hall–Kier alpha value is -4.16. The Bertz CT molecular complexity index is 1110. The molecule has 3 rings (SSSR count). The zero-order valence-corrected chi connectivity index (χ0v) is 17.8. The van der Waals surface area contributed by atoms with Crippen molar-refractivity contribution in [1.82, 2.24) is 20.3 Å². The number of nitrogens with zero attached hydrogens (tertiary/aromatic N) is 3. The quantitative estimate of drug-likeness (QED) is 0.296. The number of aromatic nitrogens is 3. The number of nitrogens with one attached hydrogen (secondary N) is 3. The van der Waals surface area contributed by atoms with Crippen molar-refractivity contribution < 1.29 is 31.8 Å². The molecule has 3 aromatic rings. The summed E-state index contributed by atoms with van der Waals surface area (Å²) in [5, 5.41) is 8.23. The zero-order valence-electron chi connectivity index (χ0n) is 17.8. The normalized spacial score (nSPS) is 11.0. The monoisotopic (exact) mass is 480 g/mol. The first-order valence-corrected chi connectivity index (χ1v) is 9.93. The first kappa shape index (κ1) is 24.5. The van der Waals surface area contributed by atoms with Gasteiger partial charge >= 0.3 is 6.36 Å². The van der Waals surface area contributed by atoms with Gasteiger partial charge in [0.1, 0.15) is 23.6 Å². The Morgan fingerprint density at radius 3 is 2.44 bits per heavy atom. The number of benzene rings is 2. The highest BCUT2D eigenvalue weighted by atomic mass is 19.4. The van der Waals surface area contributed by atoms with Gasteiger partial charge < -0.3 is 25.4 Å². The van der Waals surface area contributed by atoms with Crippen LogP contribution >= 0.6 is 0 Å². The Balaban J connectivity index is 1.46. The van der Waals surface area contributed by atoms with Crippen molar-refractivity contribution in [3.63, 3.8) is 0 Å². The SMILES string of the molecule is CNC(=O)c1cc(Nc2ncnc(NCCCOc3ccc(OC(F)(F)F)cc3)n2)ccc1F. The topological polar surface area (TPSA) is 110 Å². The third kappa shape index (κ3) is 7.46. The number of carbonyl (C=O) groups excluding carboxylic acids is 1. The molecule has 0 bridgehead atoms. The molecule has 13 heteroatoms. The molecule has 2 aromatic carbocycles. The third-order valence-corrected chi connectivity index (χ3v) is 4.20. The first-order chi connectivity index (χ1) is 16.2. The van der Waals surface area contributed by atoms with E-state index in [1.807, 2.05) is 0 Å². The van der Waals surface area contributed by atoms with E-state index < -0.39 is 18.1 Å². The highest BCUT2D eigenvalue weighted by molar-refractivity contribution is 5.95. The molecule has 3 N–H and O–H groups in total. The van der Waals surface area contributed by atoms with Crippen LogP contribution in [0, 0.1) is 5.82 Å². The van der Waals surface area contributed by atoms with E-state index in [1.54, 1.807) is 0 Å². The van der Waals surface area contributed by atoms with Crippen molar-refractivity contribution in [2.24, 2.45) is 0 Å². The number of alkyl halides is 3. The molecule has 0 spiro atoms. The molecule has 0 aliphatic carbocycles. The summed E-state index contributed by atoms with van der Waals surface area (Å²) in [6, 6.07) is 9.03. The summed E-state index contributed by atoms with van der Waals surface area (Å²) in [6.45, 7) is 0.733. The minimum absolute atomic E-state index is 0.123. The molecular weight excluding hydrogens is 460 g/mol. The van der Waals surface area contributed by atoms with E-state index in [4.69, 9.17) is 4.74 Å². The molecular formula is C21H20F4N6O3. The smallest absolute Gasteiger partial charge is 0.494 e. The number of amides is 1. The van der Waals surface area contributed by atoms with Crippen LogP contribution in [0.2, 0.25) is 0 Å². The van der Waals surface area contributed by atoms with Crippen LogP contribution < -0.4 is 25.4 Å². The Morgan fingerprint density at radius 2 is 1.74 bits per heavy atom. The predicted octanol–water partition coefficient (Wildman–Crippen LogP) is 3.89. The lowest BCUT2D eigenvalue weighted by Crippen LogP contribution is -2.19. The average Bonchev–Trinajstić information content (AvgIpc) is 2.80. The highest BCUT2D eigenvalue weighted by Gasteiger charge is 2.30. The van der Waals surface area contributed by atoms with Crippen molar-refractivity contribution in [2.45, 2.75) is 12.8 Å². The fourth-order valence-corrected chi connectivity index (χ4v) is 2.68. The van der Waals surface area contributed by atoms with Crippen LogP contribution in [0.4, 0.5) is 35.1 Å². The zero-order chi connectivity index (χ0) is 24.6. The fraction of sp³-hybridized carbons (Fsp3) is 0.238. The van der Waals surface area contributed by atoms with Crippen molar-refractivity contribution in [1.29, 1.82) is 0 Å². The number of hydrogen-bond donors (Lipinski definition) is 3. The molecule has 1 aromatic heterocycles. The summed E-state index contributed by atoms with van der Waals surface area (Å²) in [5.74, 6) is -0.685. The summed E-state index contributed by atoms with van der Waals surface area (Å²) in [7, 11) is 1.40. The second kappa shape index (κ2) is 11.1. The molecule has 1 heterocycles. The number of carbonyl (C=O) groups is 1. The average molecular weight is 480 g/mol. The van der Waals surface area contributed by atoms with E-state index in [-0.39, 0.29) is 23.2 Å². The van der Waals surface area contributed by atoms with E-state index in [9.17, 15) is 22.4 Å². The number of hydrogen-bond acceptors (Lipinski definition) is 8. The standard InChI is InChI=1S/C21H20F4N6O3/c1-26-18(32)16-11-13(3-8-17(16)22)30-20-29-12-28-19(31-20)27-9-2-10-33-14-4-6-15(7-5-14)34-21(23,24)25/h3-8,11-12H,2,9-10H2,1H3,(H,26,32)(H2,27,28,29,30,31). The van der Waals surface area contributed by atoms with E-state index in [0.717, 1.165) is 6.07 Å². The molecule has 0 fully saturated rings. The van der Waals surface area contributed by atoms with Crippen LogP contribution in [0.3, 0.4) is 0 Å². The van der Waals surface area contributed by atoms with Gasteiger partial charge in [-0.05, 0) is 48.9 Å². The lowest BCUT2D eigenvalue weighted by atomic mass is 10.1.